The van der Waals surface area contributed by atoms with Crippen LogP contribution in [0.1, 0.15) is 24.0 Å². The lowest BCUT2D eigenvalue weighted by molar-refractivity contribution is -0.143. The molecule has 1 aromatic carbocycles. The Kier molecular flexibility index (Phi) is 3.97. The second-order valence-corrected chi connectivity index (χ2v) is 5.00. The minimum Gasteiger partial charge on any atom is -0.481 e. The number of carboxylic acid groups (broad SMARTS) is 1. The minimum absolute atomic E-state index is 0.194. The maximum absolute atomic E-state index is 13.2. The van der Waals surface area contributed by atoms with Crippen LogP contribution in [0.2, 0.25) is 0 Å². The summed E-state index contributed by atoms with van der Waals surface area (Å²) in [6.45, 7) is 3.95. The number of benzene rings is 1. The highest BCUT2D eigenvalue weighted by Gasteiger charge is 2.25. The summed E-state index contributed by atoms with van der Waals surface area (Å²) in [6.07, 6.45) is 1.67. The Morgan fingerprint density at radius 2 is 2.33 bits per heavy atom. The monoisotopic (exact) mass is 251 g/mol. The summed E-state index contributed by atoms with van der Waals surface area (Å²) < 4.78 is 13.2. The molecule has 0 amide bonds. The molecule has 1 fully saturated rings. The van der Waals surface area contributed by atoms with Crippen molar-refractivity contribution >= 4 is 5.97 Å². The van der Waals surface area contributed by atoms with E-state index in [2.05, 4.69) is 4.90 Å². The van der Waals surface area contributed by atoms with E-state index in [1.807, 2.05) is 6.07 Å². The van der Waals surface area contributed by atoms with Crippen LogP contribution in [-0.4, -0.2) is 29.1 Å². The van der Waals surface area contributed by atoms with Gasteiger partial charge < -0.3 is 5.11 Å². The van der Waals surface area contributed by atoms with Gasteiger partial charge in [0.1, 0.15) is 5.82 Å². The van der Waals surface area contributed by atoms with Crippen LogP contribution >= 0.6 is 0 Å². The van der Waals surface area contributed by atoms with Gasteiger partial charge in [-0.25, -0.2) is 4.39 Å². The molecule has 1 aliphatic heterocycles. The van der Waals surface area contributed by atoms with E-state index >= 15 is 0 Å². The summed E-state index contributed by atoms with van der Waals surface area (Å²) >= 11 is 0. The van der Waals surface area contributed by atoms with Crippen molar-refractivity contribution in [3.8, 4) is 0 Å². The summed E-state index contributed by atoms with van der Waals surface area (Å²) in [4.78, 5) is 13.1. The minimum atomic E-state index is -0.713. The van der Waals surface area contributed by atoms with E-state index in [1.165, 1.54) is 6.07 Å². The molecule has 0 aromatic heterocycles. The molecule has 1 heterocycles. The van der Waals surface area contributed by atoms with Gasteiger partial charge in [-0.15, -0.1) is 0 Å². The lowest BCUT2D eigenvalue weighted by Crippen LogP contribution is -2.38. The average Bonchev–Trinajstić information content (AvgIpc) is 2.34. The van der Waals surface area contributed by atoms with Gasteiger partial charge in [0.05, 0.1) is 5.92 Å². The second kappa shape index (κ2) is 5.48. The summed E-state index contributed by atoms with van der Waals surface area (Å²) in [5, 5.41) is 9.03. The molecule has 18 heavy (non-hydrogen) atoms. The van der Waals surface area contributed by atoms with Gasteiger partial charge >= 0.3 is 5.97 Å². The number of aliphatic carboxylic acids is 1. The topological polar surface area (TPSA) is 40.5 Å². The van der Waals surface area contributed by atoms with E-state index in [9.17, 15) is 9.18 Å². The molecule has 1 aromatic rings. The van der Waals surface area contributed by atoms with Crippen LogP contribution < -0.4 is 0 Å². The van der Waals surface area contributed by atoms with E-state index < -0.39 is 5.97 Å². The zero-order chi connectivity index (χ0) is 13.1. The van der Waals surface area contributed by atoms with Crippen molar-refractivity contribution in [1.82, 2.24) is 4.90 Å². The van der Waals surface area contributed by atoms with Crippen molar-refractivity contribution < 1.29 is 14.3 Å². The van der Waals surface area contributed by atoms with E-state index in [4.69, 9.17) is 5.11 Å². The molecule has 2 rings (SSSR count). The summed E-state index contributed by atoms with van der Waals surface area (Å²) in [5.41, 5.74) is 1.68. The van der Waals surface area contributed by atoms with Gasteiger partial charge in [-0.3, -0.25) is 9.69 Å². The Morgan fingerprint density at radius 1 is 1.56 bits per heavy atom. The summed E-state index contributed by atoms with van der Waals surface area (Å²) in [6, 6.07) is 5.08. The first-order chi connectivity index (χ1) is 8.56. The molecule has 0 aliphatic carbocycles. The summed E-state index contributed by atoms with van der Waals surface area (Å²) in [5.74, 6) is -1.17. The maximum Gasteiger partial charge on any atom is 0.307 e. The molecule has 3 nitrogen and oxygen atoms in total. The van der Waals surface area contributed by atoms with Gasteiger partial charge in [-0.2, -0.15) is 0 Å². The Labute approximate surface area is 106 Å². The molecule has 0 bridgehead atoms. The molecule has 0 saturated carbocycles. The molecule has 0 spiro atoms. The molecule has 0 unspecified atom stereocenters. The van der Waals surface area contributed by atoms with Crippen LogP contribution in [0.5, 0.6) is 0 Å². The molecule has 1 aliphatic rings. The van der Waals surface area contributed by atoms with E-state index in [0.29, 0.717) is 18.7 Å². The first-order valence-corrected chi connectivity index (χ1v) is 6.26. The van der Waals surface area contributed by atoms with Crippen LogP contribution in [0, 0.1) is 18.7 Å². The van der Waals surface area contributed by atoms with Gasteiger partial charge in [-0.05, 0) is 43.5 Å². The molecule has 98 valence electrons. The largest absolute Gasteiger partial charge is 0.481 e. The van der Waals surface area contributed by atoms with E-state index in [0.717, 1.165) is 24.9 Å². The zero-order valence-corrected chi connectivity index (χ0v) is 10.5. The van der Waals surface area contributed by atoms with Gasteiger partial charge in [-0.1, -0.05) is 12.1 Å². The quantitative estimate of drug-likeness (QED) is 0.897. The number of nitrogens with zero attached hydrogens (tertiary/aromatic N) is 1. The standard InChI is InChI=1S/C14H18FNO2/c1-10-7-11(4-5-13(10)15)8-16-6-2-3-12(9-16)14(17)18/h4-5,7,12H,2-3,6,8-9H2,1H3,(H,17,18)/t12-/m0/s1. The number of hydrogen-bond donors (Lipinski definition) is 1. The van der Waals surface area contributed by atoms with Crippen LogP contribution in [-0.2, 0) is 11.3 Å². The van der Waals surface area contributed by atoms with Crippen molar-refractivity contribution in [2.24, 2.45) is 5.92 Å². The fourth-order valence-corrected chi connectivity index (χ4v) is 2.46. The van der Waals surface area contributed by atoms with Gasteiger partial charge in [0.15, 0.2) is 0 Å². The first-order valence-electron chi connectivity index (χ1n) is 6.26. The van der Waals surface area contributed by atoms with Crippen LogP contribution in [0.3, 0.4) is 0 Å². The van der Waals surface area contributed by atoms with Crippen molar-refractivity contribution in [3.63, 3.8) is 0 Å². The number of carbonyl (C=O) groups is 1. The SMILES string of the molecule is Cc1cc(CN2CCC[C@H](C(=O)O)C2)ccc1F. The Bertz CT molecular complexity index is 447. The number of halogens is 1. The van der Waals surface area contributed by atoms with Crippen molar-refractivity contribution in [3.05, 3.63) is 35.1 Å². The fourth-order valence-electron chi connectivity index (χ4n) is 2.46. The number of likely N-dealkylation sites (tertiary alicyclic amines) is 1. The number of hydrogen-bond acceptors (Lipinski definition) is 2. The lowest BCUT2D eigenvalue weighted by Gasteiger charge is -2.30. The highest BCUT2D eigenvalue weighted by atomic mass is 19.1. The smallest absolute Gasteiger partial charge is 0.307 e. The molecule has 1 N–H and O–H groups in total. The van der Waals surface area contributed by atoms with Crippen molar-refractivity contribution in [1.29, 1.82) is 0 Å². The van der Waals surface area contributed by atoms with Crippen molar-refractivity contribution in [2.75, 3.05) is 13.1 Å². The lowest BCUT2D eigenvalue weighted by atomic mass is 9.98. The third-order valence-electron chi connectivity index (χ3n) is 3.48. The Balaban J connectivity index is 2.00. The zero-order valence-electron chi connectivity index (χ0n) is 10.5. The first kappa shape index (κ1) is 13.0. The van der Waals surface area contributed by atoms with Gasteiger partial charge in [0.2, 0.25) is 0 Å². The Hall–Kier alpha value is -1.42. The second-order valence-electron chi connectivity index (χ2n) is 5.00. The Morgan fingerprint density at radius 3 is 3.00 bits per heavy atom. The fraction of sp³-hybridized carbons (Fsp3) is 0.500. The predicted octanol–water partition coefficient (Wildman–Crippen LogP) is 2.43. The third-order valence-corrected chi connectivity index (χ3v) is 3.48. The molecule has 0 radical (unpaired) electrons. The number of rotatable bonds is 3. The predicted molar refractivity (Wildman–Crippen MR) is 66.8 cm³/mol. The molecular weight excluding hydrogens is 233 g/mol. The molecule has 1 saturated heterocycles. The average molecular weight is 251 g/mol. The highest BCUT2D eigenvalue weighted by Crippen LogP contribution is 2.19. The normalized spacial score (nSPS) is 20.9. The molecular formula is C14H18FNO2. The number of piperidine rings is 1. The van der Waals surface area contributed by atoms with Crippen molar-refractivity contribution in [2.45, 2.75) is 26.3 Å². The van der Waals surface area contributed by atoms with Gasteiger partial charge in [0.25, 0.3) is 0 Å². The molecule has 1 atom stereocenters. The van der Waals surface area contributed by atoms with Crippen LogP contribution in [0.4, 0.5) is 4.39 Å². The van der Waals surface area contributed by atoms with Crippen LogP contribution in [0.25, 0.3) is 0 Å². The van der Waals surface area contributed by atoms with Gasteiger partial charge in [0, 0.05) is 13.1 Å². The third kappa shape index (κ3) is 3.07. The van der Waals surface area contributed by atoms with Crippen LogP contribution in [0.15, 0.2) is 18.2 Å². The number of aryl methyl sites for hydroxylation is 1. The van der Waals surface area contributed by atoms with E-state index in [-0.39, 0.29) is 11.7 Å². The number of carboxylic acids is 1. The van der Waals surface area contributed by atoms with E-state index in [1.54, 1.807) is 13.0 Å². The highest BCUT2D eigenvalue weighted by molar-refractivity contribution is 5.70. The maximum atomic E-state index is 13.2. The summed E-state index contributed by atoms with van der Waals surface area (Å²) in [7, 11) is 0. The molecule has 4 heteroatoms.